The van der Waals surface area contributed by atoms with Gasteiger partial charge in [-0.2, -0.15) is 0 Å². The molecule has 2 aromatic carbocycles. The maximum Gasteiger partial charge on any atom is 0.494 e. The van der Waals surface area contributed by atoms with Gasteiger partial charge >= 0.3 is 7.12 Å². The van der Waals surface area contributed by atoms with Gasteiger partial charge in [-0.05, 0) is 103 Å². The van der Waals surface area contributed by atoms with Gasteiger partial charge in [0.1, 0.15) is 0 Å². The highest BCUT2D eigenvalue weighted by Crippen LogP contribution is 2.36. The molecule has 1 fully saturated rings. The molecule has 0 bridgehead atoms. The van der Waals surface area contributed by atoms with E-state index in [-0.39, 0.29) is 18.3 Å². The topological polar surface area (TPSA) is 56.1 Å². The number of aromatic nitrogens is 1. The highest BCUT2D eigenvalue weighted by Gasteiger charge is 2.51. The summed E-state index contributed by atoms with van der Waals surface area (Å²) in [6, 6.07) is 18.3. The van der Waals surface area contributed by atoms with Gasteiger partial charge in [-0.1, -0.05) is 35.9 Å². The van der Waals surface area contributed by atoms with Crippen molar-refractivity contribution in [2.75, 3.05) is 0 Å². The second kappa shape index (κ2) is 9.76. The van der Waals surface area contributed by atoms with Crippen molar-refractivity contribution in [1.29, 1.82) is 0 Å². The van der Waals surface area contributed by atoms with Crippen molar-refractivity contribution >= 4 is 35.4 Å². The van der Waals surface area contributed by atoms with Crippen LogP contribution in [0.3, 0.4) is 0 Å². The van der Waals surface area contributed by atoms with Crippen LogP contribution in [0, 0.1) is 20.8 Å². The average Bonchev–Trinajstić information content (AvgIpc) is 3.03. The van der Waals surface area contributed by atoms with Gasteiger partial charge in [0.15, 0.2) is 0 Å². The zero-order valence-corrected chi connectivity index (χ0v) is 22.9. The van der Waals surface area contributed by atoms with Crippen molar-refractivity contribution in [3.63, 3.8) is 0 Å². The van der Waals surface area contributed by atoms with Gasteiger partial charge in [-0.25, -0.2) is 4.98 Å². The number of rotatable bonds is 5. The molecule has 1 aliphatic heterocycles. The summed E-state index contributed by atoms with van der Waals surface area (Å²) in [6.45, 7) is 18.5. The van der Waals surface area contributed by atoms with E-state index < -0.39 is 0 Å². The molecule has 1 aromatic heterocycles. The summed E-state index contributed by atoms with van der Waals surface area (Å²) in [7, 11) is -0.379. The predicted molar refractivity (Wildman–Crippen MR) is 151 cm³/mol. The second-order valence-corrected chi connectivity index (χ2v) is 10.7. The van der Waals surface area contributed by atoms with E-state index in [1.165, 1.54) is 16.7 Å². The van der Waals surface area contributed by atoms with Crippen LogP contribution in [0.5, 0.6) is 0 Å². The van der Waals surface area contributed by atoms with Crippen LogP contribution in [0.15, 0.2) is 64.6 Å². The summed E-state index contributed by atoms with van der Waals surface area (Å²) < 4.78 is 12.3. The van der Waals surface area contributed by atoms with E-state index in [1.54, 1.807) is 0 Å². The highest BCUT2D eigenvalue weighted by molar-refractivity contribution is 6.62. The molecule has 6 heteroatoms. The first-order valence-corrected chi connectivity index (χ1v) is 12.5. The molecule has 1 saturated heterocycles. The Balaban J connectivity index is 1.54. The van der Waals surface area contributed by atoms with Crippen LogP contribution >= 0.6 is 0 Å². The third kappa shape index (κ3) is 5.35. The van der Waals surface area contributed by atoms with Gasteiger partial charge in [0, 0.05) is 0 Å². The Morgan fingerprint density at radius 1 is 0.750 bits per heavy atom. The molecule has 4 rings (SSSR count). The molecule has 0 spiro atoms. The van der Waals surface area contributed by atoms with E-state index in [0.29, 0.717) is 0 Å². The minimum absolute atomic E-state index is 0.361. The normalized spacial score (nSPS) is 17.5. The Hall–Kier alpha value is -3.09. The Labute approximate surface area is 215 Å². The molecular formula is C30H36BN3O2. The van der Waals surface area contributed by atoms with Crippen LogP contribution in [-0.4, -0.2) is 34.7 Å². The van der Waals surface area contributed by atoms with E-state index in [2.05, 4.69) is 60.6 Å². The number of hydrogen-bond donors (Lipinski definition) is 0. The molecule has 36 heavy (non-hydrogen) atoms. The lowest BCUT2D eigenvalue weighted by Gasteiger charge is -2.32. The van der Waals surface area contributed by atoms with Crippen molar-refractivity contribution in [1.82, 2.24) is 4.98 Å². The molecule has 5 nitrogen and oxygen atoms in total. The van der Waals surface area contributed by atoms with E-state index >= 15 is 0 Å². The third-order valence-corrected chi connectivity index (χ3v) is 7.12. The Morgan fingerprint density at radius 3 is 1.78 bits per heavy atom. The van der Waals surface area contributed by atoms with Gasteiger partial charge in [-0.3, -0.25) is 9.98 Å². The van der Waals surface area contributed by atoms with E-state index in [9.17, 15) is 0 Å². The summed E-state index contributed by atoms with van der Waals surface area (Å²) in [5.41, 5.74) is 9.12. The van der Waals surface area contributed by atoms with Gasteiger partial charge < -0.3 is 9.31 Å². The molecule has 0 unspecified atom stereocenters. The van der Waals surface area contributed by atoms with Crippen molar-refractivity contribution in [3.8, 4) is 0 Å². The maximum atomic E-state index is 6.16. The number of aliphatic imine (C=N–C) groups is 2. The lowest BCUT2D eigenvalue weighted by Crippen LogP contribution is -2.41. The molecule has 0 N–H and O–H groups in total. The summed E-state index contributed by atoms with van der Waals surface area (Å²) in [5.74, 6) is 0. The summed E-state index contributed by atoms with van der Waals surface area (Å²) in [5, 5.41) is 0. The molecular weight excluding hydrogens is 445 g/mol. The van der Waals surface area contributed by atoms with E-state index in [1.807, 2.05) is 56.3 Å². The number of nitrogens with zero attached hydrogens (tertiary/aromatic N) is 3. The van der Waals surface area contributed by atoms with Crippen LogP contribution in [0.25, 0.3) is 0 Å². The lowest BCUT2D eigenvalue weighted by atomic mass is 9.79. The number of hydrogen-bond acceptors (Lipinski definition) is 5. The van der Waals surface area contributed by atoms with E-state index in [4.69, 9.17) is 24.3 Å². The molecule has 1 aliphatic rings. The van der Waals surface area contributed by atoms with Crippen LogP contribution < -0.4 is 5.46 Å². The van der Waals surface area contributed by atoms with Crippen LogP contribution in [0.1, 0.15) is 69.6 Å². The Morgan fingerprint density at radius 2 is 1.25 bits per heavy atom. The second-order valence-electron chi connectivity index (χ2n) is 10.7. The molecule has 2 heterocycles. The standard InChI is InChI=1S/C30H36BN3O2/c1-19-17-20(2)28(21(3)18-19)33-23(5)27-12-10-11-26(34-27)22(4)32-25-15-13-24(14-16-25)31-35-29(6,7)30(8,9)36-31/h10-18H,1-9H3. The highest BCUT2D eigenvalue weighted by atomic mass is 16.7. The monoisotopic (exact) mass is 481 g/mol. The minimum atomic E-state index is -0.379. The lowest BCUT2D eigenvalue weighted by molar-refractivity contribution is 0.00578. The quantitative estimate of drug-likeness (QED) is 0.305. The number of aryl methyl sites for hydroxylation is 3. The summed E-state index contributed by atoms with van der Waals surface area (Å²) >= 11 is 0. The zero-order chi connectivity index (χ0) is 26.3. The third-order valence-electron chi connectivity index (χ3n) is 7.12. The van der Waals surface area contributed by atoms with Crippen molar-refractivity contribution in [2.24, 2.45) is 9.98 Å². The molecule has 3 aromatic rings. The zero-order valence-electron chi connectivity index (χ0n) is 22.9. The SMILES string of the molecule is CC(=Nc1ccc(B2OC(C)(C)C(C)(C)O2)cc1)c1cccc(C(C)=Nc2c(C)cc(C)cc2C)n1. The predicted octanol–water partition coefficient (Wildman–Crippen LogP) is 6.59. The first kappa shape index (κ1) is 26.0. The smallest absolute Gasteiger partial charge is 0.399 e. The first-order chi connectivity index (χ1) is 16.9. The Kier molecular flexibility index (Phi) is 7.04. The minimum Gasteiger partial charge on any atom is -0.399 e. The van der Waals surface area contributed by atoms with Crippen molar-refractivity contribution in [3.05, 3.63) is 82.7 Å². The van der Waals surface area contributed by atoms with E-state index in [0.717, 1.165) is 39.6 Å². The molecule has 0 atom stereocenters. The fourth-order valence-corrected chi connectivity index (χ4v) is 4.35. The van der Waals surface area contributed by atoms with Crippen LogP contribution in [-0.2, 0) is 9.31 Å². The van der Waals surface area contributed by atoms with Gasteiger partial charge in [-0.15, -0.1) is 0 Å². The molecule has 0 saturated carbocycles. The molecule has 0 amide bonds. The summed E-state index contributed by atoms with van der Waals surface area (Å²) in [6.07, 6.45) is 0. The van der Waals surface area contributed by atoms with Gasteiger partial charge in [0.05, 0.1) is 45.4 Å². The van der Waals surface area contributed by atoms with Crippen molar-refractivity contribution < 1.29 is 9.31 Å². The van der Waals surface area contributed by atoms with Crippen LogP contribution in [0.2, 0.25) is 0 Å². The number of pyridine rings is 1. The fraction of sp³-hybridized carbons (Fsp3) is 0.367. The number of benzene rings is 2. The average molecular weight is 481 g/mol. The maximum absolute atomic E-state index is 6.16. The molecule has 0 aliphatic carbocycles. The van der Waals surface area contributed by atoms with Gasteiger partial charge in [0.2, 0.25) is 0 Å². The molecule has 0 radical (unpaired) electrons. The Bertz CT molecular complexity index is 1300. The van der Waals surface area contributed by atoms with Gasteiger partial charge in [0.25, 0.3) is 0 Å². The fourth-order valence-electron chi connectivity index (χ4n) is 4.35. The van der Waals surface area contributed by atoms with Crippen LogP contribution in [0.4, 0.5) is 11.4 Å². The summed E-state index contributed by atoms with van der Waals surface area (Å²) in [4.78, 5) is 14.6. The molecule has 186 valence electrons. The first-order valence-electron chi connectivity index (χ1n) is 12.5. The van der Waals surface area contributed by atoms with Crippen molar-refractivity contribution in [2.45, 2.75) is 73.5 Å². The largest absolute Gasteiger partial charge is 0.494 e.